The van der Waals surface area contributed by atoms with E-state index in [9.17, 15) is 9.59 Å². The molecule has 0 bridgehead atoms. The Kier molecular flexibility index (Phi) is 5.43. The van der Waals surface area contributed by atoms with Gasteiger partial charge >= 0.3 is 5.63 Å². The highest BCUT2D eigenvalue weighted by Crippen LogP contribution is 2.29. The van der Waals surface area contributed by atoms with Crippen LogP contribution < -0.4 is 5.63 Å². The average molecular weight is 408 g/mol. The molecular formula is C28H24O3. The van der Waals surface area contributed by atoms with Crippen molar-refractivity contribution in [1.82, 2.24) is 0 Å². The van der Waals surface area contributed by atoms with Crippen LogP contribution in [0.2, 0.25) is 0 Å². The molecule has 0 N–H and O–H groups in total. The van der Waals surface area contributed by atoms with E-state index in [-0.39, 0.29) is 11.3 Å². The SMILES string of the molecule is Cc1ccc(C(=O)c2cc(-c3ccc(C)c(C)c3)oc(=O)c2-c2ccccc2)cc1C. The Hall–Kier alpha value is -3.72. The molecule has 4 rings (SSSR count). The molecule has 0 unspecified atom stereocenters. The first-order chi connectivity index (χ1) is 14.8. The van der Waals surface area contributed by atoms with E-state index in [0.717, 1.165) is 27.8 Å². The molecule has 0 fully saturated rings. The molecule has 0 aliphatic rings. The Morgan fingerprint density at radius 1 is 0.677 bits per heavy atom. The molecule has 0 saturated carbocycles. The molecule has 3 aromatic carbocycles. The molecule has 31 heavy (non-hydrogen) atoms. The lowest BCUT2D eigenvalue weighted by Crippen LogP contribution is -2.13. The zero-order valence-electron chi connectivity index (χ0n) is 18.2. The molecule has 154 valence electrons. The molecule has 0 spiro atoms. The van der Waals surface area contributed by atoms with Crippen molar-refractivity contribution in [3.8, 4) is 22.5 Å². The highest BCUT2D eigenvalue weighted by molar-refractivity contribution is 6.13. The van der Waals surface area contributed by atoms with Gasteiger partial charge in [0.15, 0.2) is 5.78 Å². The maximum atomic E-state index is 13.6. The van der Waals surface area contributed by atoms with Crippen molar-refractivity contribution >= 4 is 5.78 Å². The maximum absolute atomic E-state index is 13.6. The van der Waals surface area contributed by atoms with E-state index >= 15 is 0 Å². The minimum absolute atomic E-state index is 0.195. The smallest absolute Gasteiger partial charge is 0.344 e. The Labute approximate surface area is 182 Å². The molecule has 0 atom stereocenters. The number of hydrogen-bond donors (Lipinski definition) is 0. The van der Waals surface area contributed by atoms with Gasteiger partial charge in [0, 0.05) is 16.7 Å². The van der Waals surface area contributed by atoms with E-state index in [4.69, 9.17) is 4.42 Å². The number of rotatable bonds is 4. The van der Waals surface area contributed by atoms with Gasteiger partial charge in [-0.15, -0.1) is 0 Å². The lowest BCUT2D eigenvalue weighted by Gasteiger charge is -2.12. The fraction of sp³-hybridized carbons (Fsp3) is 0.143. The predicted molar refractivity (Wildman–Crippen MR) is 125 cm³/mol. The van der Waals surface area contributed by atoms with Crippen molar-refractivity contribution < 1.29 is 9.21 Å². The molecule has 0 aliphatic heterocycles. The van der Waals surface area contributed by atoms with Crippen LogP contribution in [-0.2, 0) is 0 Å². The maximum Gasteiger partial charge on any atom is 0.344 e. The largest absolute Gasteiger partial charge is 0.422 e. The molecule has 0 radical (unpaired) electrons. The topological polar surface area (TPSA) is 47.3 Å². The van der Waals surface area contributed by atoms with Crippen LogP contribution >= 0.6 is 0 Å². The predicted octanol–water partition coefficient (Wildman–Crippen LogP) is 6.44. The van der Waals surface area contributed by atoms with Gasteiger partial charge in [-0.05, 0) is 73.7 Å². The second-order valence-corrected chi connectivity index (χ2v) is 7.98. The highest BCUT2D eigenvalue weighted by Gasteiger charge is 2.21. The van der Waals surface area contributed by atoms with Crippen molar-refractivity contribution in [3.63, 3.8) is 0 Å². The second kappa shape index (κ2) is 8.19. The summed E-state index contributed by atoms with van der Waals surface area (Å²) < 4.78 is 5.71. The van der Waals surface area contributed by atoms with Crippen LogP contribution in [0.4, 0.5) is 0 Å². The summed E-state index contributed by atoms with van der Waals surface area (Å²) >= 11 is 0. The Balaban J connectivity index is 1.96. The van der Waals surface area contributed by atoms with Gasteiger partial charge in [-0.25, -0.2) is 4.79 Å². The number of carbonyl (C=O) groups excluding carboxylic acids is 1. The highest BCUT2D eigenvalue weighted by atomic mass is 16.4. The summed E-state index contributed by atoms with van der Waals surface area (Å²) in [6, 6.07) is 22.4. The summed E-state index contributed by atoms with van der Waals surface area (Å²) in [5.41, 5.74) is 6.49. The van der Waals surface area contributed by atoms with E-state index in [1.165, 1.54) is 0 Å². The summed E-state index contributed by atoms with van der Waals surface area (Å²) in [5, 5.41) is 0. The van der Waals surface area contributed by atoms with E-state index in [1.807, 2.05) is 94.4 Å². The molecule has 0 aliphatic carbocycles. The number of aryl methyl sites for hydroxylation is 4. The van der Waals surface area contributed by atoms with Gasteiger partial charge in [0.25, 0.3) is 0 Å². The molecule has 0 saturated heterocycles. The van der Waals surface area contributed by atoms with Gasteiger partial charge in [-0.3, -0.25) is 4.79 Å². The lowest BCUT2D eigenvalue weighted by molar-refractivity contribution is 0.103. The normalized spacial score (nSPS) is 10.8. The minimum atomic E-state index is -0.519. The van der Waals surface area contributed by atoms with Gasteiger partial charge < -0.3 is 4.42 Å². The van der Waals surface area contributed by atoms with Crippen molar-refractivity contribution in [2.24, 2.45) is 0 Å². The summed E-state index contributed by atoms with van der Waals surface area (Å²) in [7, 11) is 0. The van der Waals surface area contributed by atoms with Gasteiger partial charge in [0.05, 0.1) is 5.56 Å². The van der Waals surface area contributed by atoms with Crippen LogP contribution in [0.3, 0.4) is 0 Å². The second-order valence-electron chi connectivity index (χ2n) is 7.98. The van der Waals surface area contributed by atoms with E-state index < -0.39 is 5.63 Å². The summed E-state index contributed by atoms with van der Waals surface area (Å²) in [5.74, 6) is 0.194. The molecule has 1 heterocycles. The third-order valence-electron chi connectivity index (χ3n) is 5.82. The van der Waals surface area contributed by atoms with E-state index in [1.54, 1.807) is 6.07 Å². The zero-order valence-corrected chi connectivity index (χ0v) is 18.2. The molecule has 3 heteroatoms. The molecule has 3 nitrogen and oxygen atoms in total. The summed E-state index contributed by atoms with van der Waals surface area (Å²) in [4.78, 5) is 26.7. The number of benzene rings is 3. The van der Waals surface area contributed by atoms with Gasteiger partial charge in [0.2, 0.25) is 0 Å². The average Bonchev–Trinajstić information content (AvgIpc) is 2.77. The molecule has 4 aromatic rings. The van der Waals surface area contributed by atoms with Crippen LogP contribution in [0.15, 0.2) is 82.0 Å². The number of hydrogen-bond acceptors (Lipinski definition) is 3. The van der Waals surface area contributed by atoms with E-state index in [0.29, 0.717) is 22.5 Å². The Morgan fingerprint density at radius 2 is 1.32 bits per heavy atom. The fourth-order valence-electron chi connectivity index (χ4n) is 3.63. The first kappa shape index (κ1) is 20.5. The van der Waals surface area contributed by atoms with Crippen LogP contribution in [0.25, 0.3) is 22.5 Å². The van der Waals surface area contributed by atoms with Crippen molar-refractivity contribution in [2.45, 2.75) is 27.7 Å². The summed E-state index contributed by atoms with van der Waals surface area (Å²) in [6.07, 6.45) is 0. The van der Waals surface area contributed by atoms with Crippen molar-refractivity contribution in [1.29, 1.82) is 0 Å². The van der Waals surface area contributed by atoms with Crippen LogP contribution in [0, 0.1) is 27.7 Å². The fourth-order valence-corrected chi connectivity index (χ4v) is 3.63. The molecule has 0 amide bonds. The zero-order chi connectivity index (χ0) is 22.1. The first-order valence-corrected chi connectivity index (χ1v) is 10.3. The van der Waals surface area contributed by atoms with E-state index in [2.05, 4.69) is 0 Å². The molecule has 1 aromatic heterocycles. The van der Waals surface area contributed by atoms with Gasteiger partial charge in [-0.2, -0.15) is 0 Å². The van der Waals surface area contributed by atoms with Crippen LogP contribution in [0.1, 0.15) is 38.2 Å². The lowest BCUT2D eigenvalue weighted by atomic mass is 9.93. The van der Waals surface area contributed by atoms with Crippen LogP contribution in [-0.4, -0.2) is 5.78 Å². The first-order valence-electron chi connectivity index (χ1n) is 10.3. The number of carbonyl (C=O) groups is 1. The number of ketones is 1. The Morgan fingerprint density at radius 3 is 1.97 bits per heavy atom. The third kappa shape index (κ3) is 3.99. The Bertz CT molecular complexity index is 1340. The van der Waals surface area contributed by atoms with Crippen molar-refractivity contribution in [2.75, 3.05) is 0 Å². The molecular weight excluding hydrogens is 384 g/mol. The van der Waals surface area contributed by atoms with Crippen molar-refractivity contribution in [3.05, 3.63) is 117 Å². The summed E-state index contributed by atoms with van der Waals surface area (Å²) in [6.45, 7) is 8.02. The quantitative estimate of drug-likeness (QED) is 0.365. The van der Waals surface area contributed by atoms with Crippen LogP contribution in [0.5, 0.6) is 0 Å². The van der Waals surface area contributed by atoms with Gasteiger partial charge in [-0.1, -0.05) is 54.6 Å². The monoisotopic (exact) mass is 408 g/mol. The minimum Gasteiger partial charge on any atom is -0.422 e. The van der Waals surface area contributed by atoms with Gasteiger partial charge in [0.1, 0.15) is 5.76 Å². The third-order valence-corrected chi connectivity index (χ3v) is 5.82. The standard InChI is InChI=1S/C28H24O3/c1-17-10-12-22(14-19(17)3)25-16-24(27(29)23-13-11-18(2)20(4)15-23)26(28(30)31-25)21-8-6-5-7-9-21/h5-16H,1-4H3.